The van der Waals surface area contributed by atoms with Crippen LogP contribution in [0, 0.1) is 29.1 Å². The molecule has 10 rings (SSSR count). The second-order valence-electron chi connectivity index (χ2n) is 16.5. The Hall–Kier alpha value is -6.38. The van der Waals surface area contributed by atoms with Crippen LogP contribution in [0.4, 0.5) is 0 Å². The molecule has 2 aliphatic rings. The summed E-state index contributed by atoms with van der Waals surface area (Å²) in [4.78, 5) is 15.2. The number of aromatic nitrogens is 4. The first kappa shape index (κ1) is 34.1. The van der Waals surface area contributed by atoms with Gasteiger partial charge in [0.2, 0.25) is 0 Å². The lowest BCUT2D eigenvalue weighted by Crippen LogP contribution is -2.42. The van der Waals surface area contributed by atoms with Crippen molar-refractivity contribution in [1.82, 2.24) is 19.5 Å². The summed E-state index contributed by atoms with van der Waals surface area (Å²) in [5.41, 5.74) is 10.8. The molecule has 0 aliphatic heterocycles. The summed E-state index contributed by atoms with van der Waals surface area (Å²) in [7, 11) is 0. The summed E-state index contributed by atoms with van der Waals surface area (Å²) in [6.07, 6.45) is 6.75. The third-order valence-electron chi connectivity index (χ3n) is 12.5. The number of benzene rings is 6. The van der Waals surface area contributed by atoms with Gasteiger partial charge in [0.15, 0.2) is 17.5 Å². The monoisotopic (exact) mass is 725 g/mol. The number of nitriles is 1. The Bertz CT molecular complexity index is 2740. The zero-order valence-corrected chi connectivity index (χ0v) is 31.9. The molecule has 5 heteroatoms. The van der Waals surface area contributed by atoms with Crippen LogP contribution in [0.2, 0.25) is 0 Å². The number of para-hydroxylation sites is 2. The summed E-state index contributed by atoms with van der Waals surface area (Å²) in [6.45, 7) is 4.92. The third kappa shape index (κ3) is 6.07. The van der Waals surface area contributed by atoms with Crippen molar-refractivity contribution < 1.29 is 0 Å². The van der Waals surface area contributed by atoms with Crippen molar-refractivity contribution in [2.45, 2.75) is 51.4 Å². The molecule has 2 bridgehead atoms. The van der Waals surface area contributed by atoms with E-state index in [1.54, 1.807) is 0 Å². The lowest BCUT2D eigenvalue weighted by atomic mass is 9.54. The van der Waals surface area contributed by atoms with Crippen molar-refractivity contribution in [3.8, 4) is 57.0 Å². The van der Waals surface area contributed by atoms with Crippen molar-refractivity contribution >= 4 is 21.8 Å². The van der Waals surface area contributed by atoms with Gasteiger partial charge in [-0.15, -0.1) is 0 Å². The largest absolute Gasteiger partial charge is 0.309 e. The maximum Gasteiger partial charge on any atom is 0.164 e. The molecule has 4 atom stereocenters. The van der Waals surface area contributed by atoms with Crippen LogP contribution >= 0.6 is 0 Å². The Morgan fingerprint density at radius 1 is 0.536 bits per heavy atom. The molecule has 2 fully saturated rings. The smallest absolute Gasteiger partial charge is 0.164 e. The first-order valence-electron chi connectivity index (χ1n) is 20.0. The number of fused-ring (bicyclic) bond motifs is 5. The van der Waals surface area contributed by atoms with Gasteiger partial charge in [-0.25, -0.2) is 15.0 Å². The molecule has 2 heterocycles. The van der Waals surface area contributed by atoms with E-state index in [4.69, 9.17) is 15.0 Å². The summed E-state index contributed by atoms with van der Waals surface area (Å²) in [5, 5.41) is 11.8. The Balaban J connectivity index is 1.03. The van der Waals surface area contributed by atoms with Gasteiger partial charge in [0.25, 0.3) is 0 Å². The Morgan fingerprint density at radius 3 is 1.70 bits per heavy atom. The van der Waals surface area contributed by atoms with E-state index in [-0.39, 0.29) is 0 Å². The van der Waals surface area contributed by atoms with E-state index >= 15 is 0 Å². The predicted molar refractivity (Wildman–Crippen MR) is 227 cm³/mol. The van der Waals surface area contributed by atoms with Crippen LogP contribution in [0.1, 0.15) is 57.1 Å². The lowest BCUT2D eigenvalue weighted by Gasteiger charge is -2.50. The summed E-state index contributed by atoms with van der Waals surface area (Å²) in [5.74, 6) is 4.22. The number of hydrogen-bond donors (Lipinski definition) is 0. The average molecular weight is 726 g/mol. The first-order chi connectivity index (χ1) is 27.4. The Kier molecular flexibility index (Phi) is 8.37. The number of rotatable bonds is 6. The van der Waals surface area contributed by atoms with Gasteiger partial charge in [-0.1, -0.05) is 111 Å². The molecule has 0 amide bonds. The van der Waals surface area contributed by atoms with Crippen LogP contribution < -0.4 is 0 Å². The molecule has 2 saturated carbocycles. The molecule has 272 valence electrons. The molecular formula is C51H43N5. The molecule has 0 saturated heterocycles. The van der Waals surface area contributed by atoms with Crippen LogP contribution in [-0.4, -0.2) is 19.5 Å². The molecule has 56 heavy (non-hydrogen) atoms. The zero-order valence-electron chi connectivity index (χ0n) is 31.9. The molecule has 2 aromatic heterocycles. The molecule has 0 radical (unpaired) electrons. The van der Waals surface area contributed by atoms with Gasteiger partial charge in [0, 0.05) is 33.2 Å². The fraction of sp³-hybridized carbons (Fsp3) is 0.216. The van der Waals surface area contributed by atoms with Crippen LogP contribution in [-0.2, 0) is 5.41 Å². The summed E-state index contributed by atoms with van der Waals surface area (Å²) < 4.78 is 2.31. The molecule has 2 unspecified atom stereocenters. The van der Waals surface area contributed by atoms with E-state index < -0.39 is 0 Å². The normalized spacial score (nSPS) is 20.6. The van der Waals surface area contributed by atoms with Crippen LogP contribution in [0.25, 0.3) is 72.8 Å². The van der Waals surface area contributed by atoms with Gasteiger partial charge in [0.1, 0.15) is 0 Å². The second kappa shape index (κ2) is 13.7. The standard InChI is InChI=1S/C51H43N5/c1-33-26-36-27-34(2)30-51(29-33,31-36)42-23-20-38(21-24-42)37-16-18-40(19-17-37)49-53-48(39-14-12-35(32-52)13-15-39)54-50(55-49)41-22-25-45-44-10-6-7-11-46(44)56(47(45)28-41)43-8-4-3-5-9-43/h3-25,28,33-34,36H,26-27,29-31H2,1-2H3/t33-,34+,36?,51?. The van der Waals surface area contributed by atoms with Crippen molar-refractivity contribution in [2.75, 3.05) is 0 Å². The predicted octanol–water partition coefficient (Wildman–Crippen LogP) is 12.6. The zero-order chi connectivity index (χ0) is 37.8. The van der Waals surface area contributed by atoms with Gasteiger partial charge in [0.05, 0.1) is 22.7 Å². The van der Waals surface area contributed by atoms with Crippen LogP contribution in [0.3, 0.4) is 0 Å². The summed E-state index contributed by atoms with van der Waals surface area (Å²) >= 11 is 0. The van der Waals surface area contributed by atoms with E-state index in [9.17, 15) is 5.26 Å². The van der Waals surface area contributed by atoms with Crippen molar-refractivity contribution in [3.05, 3.63) is 157 Å². The van der Waals surface area contributed by atoms with Gasteiger partial charge in [-0.2, -0.15) is 5.26 Å². The fourth-order valence-corrected chi connectivity index (χ4v) is 10.3. The highest BCUT2D eigenvalue weighted by Crippen LogP contribution is 2.54. The van der Waals surface area contributed by atoms with Gasteiger partial charge >= 0.3 is 0 Å². The number of hydrogen-bond acceptors (Lipinski definition) is 4. The quantitative estimate of drug-likeness (QED) is 0.171. The average Bonchev–Trinajstić information content (AvgIpc) is 3.57. The van der Waals surface area contributed by atoms with Crippen molar-refractivity contribution in [3.63, 3.8) is 0 Å². The maximum atomic E-state index is 9.47. The van der Waals surface area contributed by atoms with Crippen LogP contribution in [0.15, 0.2) is 146 Å². The number of nitrogens with zero attached hydrogens (tertiary/aromatic N) is 5. The second-order valence-corrected chi connectivity index (χ2v) is 16.5. The minimum atomic E-state index is 0.327. The lowest BCUT2D eigenvalue weighted by molar-refractivity contribution is 0.0780. The van der Waals surface area contributed by atoms with Gasteiger partial charge in [-0.3, -0.25) is 0 Å². The fourth-order valence-electron chi connectivity index (χ4n) is 10.3. The molecule has 6 aromatic carbocycles. The minimum Gasteiger partial charge on any atom is -0.309 e. The molecule has 5 nitrogen and oxygen atoms in total. The highest BCUT2D eigenvalue weighted by atomic mass is 15.0. The Labute approximate surface area is 328 Å². The van der Waals surface area contributed by atoms with Gasteiger partial charge < -0.3 is 4.57 Å². The van der Waals surface area contributed by atoms with E-state index in [0.717, 1.165) is 51.2 Å². The molecule has 0 spiro atoms. The van der Waals surface area contributed by atoms with Gasteiger partial charge in [-0.05, 0) is 120 Å². The third-order valence-corrected chi connectivity index (χ3v) is 12.5. The summed E-state index contributed by atoms with van der Waals surface area (Å²) in [6, 6.07) is 53.2. The van der Waals surface area contributed by atoms with Crippen molar-refractivity contribution in [1.29, 1.82) is 5.26 Å². The molecule has 2 aliphatic carbocycles. The Morgan fingerprint density at radius 2 is 1.05 bits per heavy atom. The SMILES string of the molecule is C[C@@H]1CC2C[C@H](C)CC(c3ccc(-c4ccc(-c5nc(-c6ccc(C#N)cc6)nc(-c6ccc7c8ccccc8n(-c8ccccc8)c7c6)n5)cc4)cc3)(C2)C1. The highest BCUT2D eigenvalue weighted by molar-refractivity contribution is 6.10. The molecular weight excluding hydrogens is 683 g/mol. The van der Waals surface area contributed by atoms with Crippen molar-refractivity contribution in [2.24, 2.45) is 17.8 Å². The van der Waals surface area contributed by atoms with Crippen LogP contribution in [0.5, 0.6) is 0 Å². The molecule has 8 aromatic rings. The van der Waals surface area contributed by atoms with E-state index in [2.05, 4.69) is 140 Å². The first-order valence-corrected chi connectivity index (χ1v) is 20.0. The minimum absolute atomic E-state index is 0.327. The maximum absolute atomic E-state index is 9.47. The van der Waals surface area contributed by atoms with E-state index in [0.29, 0.717) is 28.5 Å². The topological polar surface area (TPSA) is 67.4 Å². The molecule has 0 N–H and O–H groups in total. The highest BCUT2D eigenvalue weighted by Gasteiger charge is 2.45. The van der Waals surface area contributed by atoms with E-state index in [1.165, 1.54) is 59.6 Å². The van der Waals surface area contributed by atoms with E-state index in [1.807, 2.05) is 30.3 Å².